The van der Waals surface area contributed by atoms with Crippen molar-refractivity contribution in [3.8, 4) is 6.07 Å². The molecule has 4 N–H and O–H groups in total. The third-order valence-corrected chi connectivity index (χ3v) is 1.91. The lowest BCUT2D eigenvalue weighted by atomic mass is 10.3. The molecule has 0 bridgehead atoms. The molecule has 6 nitrogen and oxygen atoms in total. The van der Waals surface area contributed by atoms with E-state index in [-0.39, 0.29) is 24.2 Å². The van der Waals surface area contributed by atoms with Gasteiger partial charge in [0.2, 0.25) is 5.91 Å². The summed E-state index contributed by atoms with van der Waals surface area (Å²) in [5.41, 5.74) is 6.01. The smallest absolute Gasteiger partial charge is 0.239 e. The molecule has 1 amide bonds. The normalized spacial score (nSPS) is 9.76. The highest BCUT2D eigenvalue weighted by Gasteiger charge is 2.05. The van der Waals surface area contributed by atoms with E-state index in [1.165, 1.54) is 0 Å². The Morgan fingerprint density at radius 1 is 1.59 bits per heavy atom. The molecule has 1 heterocycles. The Bertz CT molecular complexity index is 450. The second-order valence-electron chi connectivity index (χ2n) is 3.82. The van der Waals surface area contributed by atoms with Gasteiger partial charge in [0.15, 0.2) is 5.69 Å². The molecule has 0 saturated carbocycles. The Morgan fingerprint density at radius 2 is 2.29 bits per heavy atom. The quantitative estimate of drug-likeness (QED) is 0.701. The summed E-state index contributed by atoms with van der Waals surface area (Å²) in [4.78, 5) is 15.3. The van der Waals surface area contributed by atoms with Crippen LogP contribution in [-0.2, 0) is 4.79 Å². The van der Waals surface area contributed by atoms with Crippen molar-refractivity contribution >= 4 is 17.4 Å². The first-order valence-electron chi connectivity index (χ1n) is 5.22. The lowest BCUT2D eigenvalue weighted by molar-refractivity contribution is -0.119. The molecule has 0 fully saturated rings. The second kappa shape index (κ2) is 5.70. The molecule has 0 aliphatic carbocycles. The van der Waals surface area contributed by atoms with E-state index in [1.54, 1.807) is 12.1 Å². The van der Waals surface area contributed by atoms with E-state index in [9.17, 15) is 4.79 Å². The lowest BCUT2D eigenvalue weighted by Gasteiger charge is -2.09. The number of nitrogens with one attached hydrogen (secondary N) is 2. The predicted molar refractivity (Wildman–Crippen MR) is 65.1 cm³/mol. The van der Waals surface area contributed by atoms with Crippen LogP contribution in [0.2, 0.25) is 0 Å². The van der Waals surface area contributed by atoms with Gasteiger partial charge in [-0.2, -0.15) is 5.26 Å². The fourth-order valence-electron chi connectivity index (χ4n) is 1.20. The number of carbonyl (C=O) groups excluding carboxylic acids is 1. The highest BCUT2D eigenvalue weighted by atomic mass is 16.1. The van der Waals surface area contributed by atoms with Crippen molar-refractivity contribution in [3.05, 3.63) is 17.8 Å². The summed E-state index contributed by atoms with van der Waals surface area (Å²) in [6.45, 7) is 3.88. The van der Waals surface area contributed by atoms with Gasteiger partial charge in [-0.05, 0) is 26.0 Å². The number of nitriles is 1. The van der Waals surface area contributed by atoms with Crippen LogP contribution < -0.4 is 16.4 Å². The van der Waals surface area contributed by atoms with Crippen molar-refractivity contribution in [2.75, 3.05) is 17.6 Å². The van der Waals surface area contributed by atoms with Crippen LogP contribution in [0, 0.1) is 11.3 Å². The van der Waals surface area contributed by atoms with Gasteiger partial charge in [0.1, 0.15) is 11.9 Å². The van der Waals surface area contributed by atoms with Crippen LogP contribution in [0.3, 0.4) is 0 Å². The zero-order valence-corrected chi connectivity index (χ0v) is 9.82. The number of carbonyl (C=O) groups is 1. The molecular weight excluding hydrogens is 218 g/mol. The number of nitrogens with two attached hydrogens (primary N) is 1. The first-order chi connectivity index (χ1) is 8.02. The number of amides is 1. The highest BCUT2D eigenvalue weighted by molar-refractivity contribution is 5.80. The molecule has 0 spiro atoms. The van der Waals surface area contributed by atoms with E-state index in [2.05, 4.69) is 15.6 Å². The second-order valence-corrected chi connectivity index (χ2v) is 3.82. The molecule has 6 heteroatoms. The number of pyridine rings is 1. The monoisotopic (exact) mass is 233 g/mol. The van der Waals surface area contributed by atoms with E-state index in [4.69, 9.17) is 11.0 Å². The number of aromatic nitrogens is 1. The third kappa shape index (κ3) is 3.99. The maximum absolute atomic E-state index is 11.4. The summed E-state index contributed by atoms with van der Waals surface area (Å²) < 4.78 is 0. The van der Waals surface area contributed by atoms with Crippen molar-refractivity contribution in [1.82, 2.24) is 10.3 Å². The molecule has 0 aliphatic heterocycles. The van der Waals surface area contributed by atoms with Crippen molar-refractivity contribution in [1.29, 1.82) is 5.26 Å². The Hall–Kier alpha value is -2.29. The maximum Gasteiger partial charge on any atom is 0.239 e. The molecule has 0 unspecified atom stereocenters. The van der Waals surface area contributed by atoms with Crippen LogP contribution >= 0.6 is 0 Å². The number of hydrogen-bond acceptors (Lipinski definition) is 5. The number of hydrogen-bond donors (Lipinski definition) is 3. The Kier molecular flexibility index (Phi) is 4.29. The summed E-state index contributed by atoms with van der Waals surface area (Å²) in [7, 11) is 0. The molecule has 1 aromatic heterocycles. The number of nitrogens with zero attached hydrogens (tertiary/aromatic N) is 2. The molecule has 0 aliphatic rings. The van der Waals surface area contributed by atoms with Crippen LogP contribution in [-0.4, -0.2) is 23.5 Å². The van der Waals surface area contributed by atoms with Gasteiger partial charge in [-0.3, -0.25) is 4.79 Å². The van der Waals surface area contributed by atoms with E-state index >= 15 is 0 Å². The molecule has 1 aromatic rings. The predicted octanol–water partition coefficient (Wildman–Crippen LogP) is 0.472. The Balaban J connectivity index is 2.59. The van der Waals surface area contributed by atoms with Crippen LogP contribution in [0.1, 0.15) is 19.5 Å². The van der Waals surface area contributed by atoms with Crippen LogP contribution in [0.25, 0.3) is 0 Å². The largest absolute Gasteiger partial charge is 0.396 e. The van der Waals surface area contributed by atoms with Gasteiger partial charge in [-0.1, -0.05) is 0 Å². The number of anilines is 2. The van der Waals surface area contributed by atoms with Gasteiger partial charge >= 0.3 is 0 Å². The summed E-state index contributed by atoms with van der Waals surface area (Å²) >= 11 is 0. The third-order valence-electron chi connectivity index (χ3n) is 1.91. The minimum absolute atomic E-state index is 0.0957. The van der Waals surface area contributed by atoms with E-state index in [1.807, 2.05) is 19.9 Å². The van der Waals surface area contributed by atoms with Crippen LogP contribution in [0.15, 0.2) is 12.1 Å². The number of rotatable bonds is 4. The molecule has 17 heavy (non-hydrogen) atoms. The van der Waals surface area contributed by atoms with Gasteiger partial charge in [0, 0.05) is 6.04 Å². The molecule has 1 rings (SSSR count). The van der Waals surface area contributed by atoms with Crippen molar-refractivity contribution in [2.45, 2.75) is 19.9 Å². The summed E-state index contributed by atoms with van der Waals surface area (Å²) in [5, 5.41) is 14.3. The van der Waals surface area contributed by atoms with E-state index < -0.39 is 0 Å². The Morgan fingerprint density at radius 3 is 2.88 bits per heavy atom. The SMILES string of the molecule is CC(C)NC(=O)CNc1ccc(N)c(C#N)n1. The molecule has 0 atom stereocenters. The standard InChI is InChI=1S/C11H15N5O/c1-7(2)15-11(17)6-14-10-4-3-8(13)9(5-12)16-10/h3-4,7H,6,13H2,1-2H3,(H,14,16)(H,15,17). The van der Waals surface area contributed by atoms with Crippen molar-refractivity contribution in [2.24, 2.45) is 0 Å². The zero-order valence-electron chi connectivity index (χ0n) is 9.82. The van der Waals surface area contributed by atoms with Gasteiger partial charge < -0.3 is 16.4 Å². The van der Waals surface area contributed by atoms with Crippen LogP contribution in [0.4, 0.5) is 11.5 Å². The minimum Gasteiger partial charge on any atom is -0.396 e. The molecule has 0 radical (unpaired) electrons. The average molecular weight is 233 g/mol. The Labute approximate surface area is 99.8 Å². The summed E-state index contributed by atoms with van der Waals surface area (Å²) in [6, 6.07) is 5.18. The fourth-order valence-corrected chi connectivity index (χ4v) is 1.20. The van der Waals surface area contributed by atoms with Gasteiger partial charge in [0.25, 0.3) is 0 Å². The van der Waals surface area contributed by atoms with Gasteiger partial charge in [0.05, 0.1) is 12.2 Å². The maximum atomic E-state index is 11.4. The zero-order chi connectivity index (χ0) is 12.8. The summed E-state index contributed by atoms with van der Waals surface area (Å²) in [5.74, 6) is 0.326. The topological polar surface area (TPSA) is 104 Å². The van der Waals surface area contributed by atoms with E-state index in [0.717, 1.165) is 0 Å². The molecular formula is C11H15N5O. The molecule has 0 saturated heterocycles. The van der Waals surface area contributed by atoms with Crippen LogP contribution in [0.5, 0.6) is 0 Å². The van der Waals surface area contributed by atoms with Crippen molar-refractivity contribution in [3.63, 3.8) is 0 Å². The molecule has 0 aromatic carbocycles. The lowest BCUT2D eigenvalue weighted by Crippen LogP contribution is -2.34. The van der Waals surface area contributed by atoms with Gasteiger partial charge in [-0.25, -0.2) is 4.98 Å². The number of nitrogen functional groups attached to an aromatic ring is 1. The summed E-state index contributed by atoms with van der Waals surface area (Å²) in [6.07, 6.45) is 0. The van der Waals surface area contributed by atoms with Gasteiger partial charge in [-0.15, -0.1) is 0 Å². The average Bonchev–Trinajstić information content (AvgIpc) is 2.27. The van der Waals surface area contributed by atoms with Crippen molar-refractivity contribution < 1.29 is 4.79 Å². The fraction of sp³-hybridized carbons (Fsp3) is 0.364. The highest BCUT2D eigenvalue weighted by Crippen LogP contribution is 2.11. The van der Waals surface area contributed by atoms with E-state index in [0.29, 0.717) is 11.5 Å². The first-order valence-corrected chi connectivity index (χ1v) is 5.22. The first kappa shape index (κ1) is 12.8. The minimum atomic E-state index is -0.128. The molecule has 90 valence electrons.